The first-order valence-electron chi connectivity index (χ1n) is 25.9. The number of unbranched alkanes of at least 4 members (excludes halogenated alkanes) is 5. The quantitative estimate of drug-likeness (QED) is 0.0491. The summed E-state index contributed by atoms with van der Waals surface area (Å²) in [6, 6.07) is 0. The van der Waals surface area contributed by atoms with Crippen molar-refractivity contribution in [1.29, 1.82) is 0 Å². The topological polar surface area (TPSA) is 192 Å². The third-order valence-corrected chi connectivity index (χ3v) is 16.4. The number of carbonyl (C=O) groups excluding carboxylic acids is 2. The standard InChI is InChI=1S/5C10H20O2S.2CH3.Sn/c5*1-3-5-6-9(4-2)7-13-8-10(11)12;;;/h5*9H,3-8H2,1-2H3,(H,11,12);2*1H3;/q;;;;;;;+2/p-2. The van der Waals surface area contributed by atoms with Gasteiger partial charge in [0.1, 0.15) is 0 Å². The van der Waals surface area contributed by atoms with Crippen molar-refractivity contribution in [3.05, 3.63) is 0 Å². The number of carboxylic acids is 5. The molecule has 0 aromatic rings. The first-order chi connectivity index (χ1) is 32.4. The maximum atomic E-state index is 10.3. The van der Waals surface area contributed by atoms with Crippen LogP contribution in [0.15, 0.2) is 0 Å². The van der Waals surface area contributed by atoms with E-state index in [4.69, 9.17) is 15.3 Å². The molecule has 0 amide bonds. The molecule has 0 fully saturated rings. The Hall–Kier alpha value is -0.101. The Morgan fingerprint density at radius 3 is 0.647 bits per heavy atom. The fourth-order valence-corrected chi connectivity index (χ4v) is 11.2. The zero-order valence-corrected chi connectivity index (χ0v) is 52.3. The van der Waals surface area contributed by atoms with Crippen LogP contribution in [0.4, 0.5) is 0 Å². The first kappa shape index (κ1) is 79.3. The molecule has 0 heterocycles. The Morgan fingerprint density at radius 2 is 0.529 bits per heavy atom. The van der Waals surface area contributed by atoms with Crippen molar-refractivity contribution >= 4 is 110 Å². The van der Waals surface area contributed by atoms with Crippen LogP contribution in [0.3, 0.4) is 0 Å². The van der Waals surface area contributed by atoms with Gasteiger partial charge in [0.05, 0.1) is 29.2 Å². The van der Waals surface area contributed by atoms with Crippen molar-refractivity contribution in [3.8, 4) is 0 Å². The van der Waals surface area contributed by atoms with Gasteiger partial charge >= 0.3 is 48.9 Å². The first-order valence-corrected chi connectivity index (χ1v) is 37.4. The van der Waals surface area contributed by atoms with Crippen LogP contribution >= 0.6 is 58.8 Å². The van der Waals surface area contributed by atoms with E-state index in [2.05, 4.69) is 79.1 Å². The summed E-state index contributed by atoms with van der Waals surface area (Å²) in [4.78, 5) is 55.7. The van der Waals surface area contributed by atoms with Crippen LogP contribution in [0.2, 0.25) is 9.88 Å². The van der Waals surface area contributed by atoms with E-state index in [1.807, 2.05) is 0 Å². The summed E-state index contributed by atoms with van der Waals surface area (Å²) < 4.78 is 0. The van der Waals surface area contributed by atoms with Gasteiger partial charge in [-0.05, 0) is 90.5 Å². The van der Waals surface area contributed by atoms with E-state index in [0.717, 1.165) is 41.6 Å². The Balaban J connectivity index is -0.000000174. The van der Waals surface area contributed by atoms with Gasteiger partial charge in [-0.15, -0.1) is 35.3 Å². The summed E-state index contributed by atoms with van der Waals surface area (Å²) in [5.74, 6) is 5.49. The maximum absolute atomic E-state index is 10.3. The zero-order chi connectivity index (χ0) is 53.2. The minimum absolute atomic E-state index is 0.141. The van der Waals surface area contributed by atoms with Gasteiger partial charge in [-0.25, -0.2) is 0 Å². The second kappa shape index (κ2) is 66.9. The van der Waals surface area contributed by atoms with Crippen LogP contribution in [-0.2, 0) is 24.0 Å². The molecule has 0 aliphatic rings. The number of carbonyl (C=O) groups is 5. The van der Waals surface area contributed by atoms with Gasteiger partial charge in [0, 0.05) is 11.5 Å². The average molecular weight is 1170 g/mol. The van der Waals surface area contributed by atoms with Crippen LogP contribution < -0.4 is 10.2 Å². The van der Waals surface area contributed by atoms with Crippen molar-refractivity contribution in [1.82, 2.24) is 0 Å². The Kier molecular flexibility index (Phi) is 78.0. The van der Waals surface area contributed by atoms with Crippen molar-refractivity contribution in [2.24, 2.45) is 29.6 Å². The third-order valence-electron chi connectivity index (χ3n) is 10.6. The van der Waals surface area contributed by atoms with Crippen LogP contribution in [-0.4, -0.2) is 124 Å². The molecule has 10 nitrogen and oxygen atoms in total. The second-order valence-corrected chi connectivity index (χ2v) is 25.1. The van der Waals surface area contributed by atoms with E-state index in [-0.39, 0.29) is 49.9 Å². The Labute approximate surface area is 450 Å². The van der Waals surface area contributed by atoms with Crippen LogP contribution in [0.1, 0.15) is 198 Å². The normalized spacial score (nSPS) is 12.4. The van der Waals surface area contributed by atoms with Crippen molar-refractivity contribution in [2.75, 3.05) is 57.5 Å². The molecule has 0 aliphatic carbocycles. The van der Waals surface area contributed by atoms with Crippen LogP contribution in [0.5, 0.6) is 0 Å². The summed E-state index contributed by atoms with van der Waals surface area (Å²) >= 11 is 7.83. The third kappa shape index (κ3) is 77.4. The van der Waals surface area contributed by atoms with Gasteiger partial charge in [0.2, 0.25) is 0 Å². The molecule has 5 atom stereocenters. The molecule has 0 rings (SSSR count). The van der Waals surface area contributed by atoms with E-state index >= 15 is 0 Å². The molecule has 0 spiro atoms. The number of carboxylic acid groups (broad SMARTS) is 5. The second-order valence-electron chi connectivity index (χ2n) is 17.1. The number of hydrogen-bond acceptors (Lipinski definition) is 12. The predicted molar refractivity (Wildman–Crippen MR) is 304 cm³/mol. The molecule has 0 bridgehead atoms. The fourth-order valence-electron chi connectivity index (χ4n) is 6.05. The molecule has 0 saturated heterocycles. The van der Waals surface area contributed by atoms with E-state index in [1.54, 1.807) is 35.3 Å². The molecule has 0 radical (unpaired) electrons. The van der Waals surface area contributed by atoms with Gasteiger partial charge in [-0.2, -0.15) is 23.5 Å². The average Bonchev–Trinajstić information content (AvgIpc) is 3.30. The van der Waals surface area contributed by atoms with E-state index in [0.29, 0.717) is 29.6 Å². The molecule has 406 valence electrons. The van der Waals surface area contributed by atoms with E-state index < -0.39 is 29.8 Å². The number of thioether (sulfide) groups is 5. The van der Waals surface area contributed by atoms with Gasteiger partial charge in [-0.3, -0.25) is 14.4 Å². The van der Waals surface area contributed by atoms with Gasteiger partial charge < -0.3 is 35.1 Å². The molecule has 3 N–H and O–H groups in total. The molecule has 0 saturated carbocycles. The van der Waals surface area contributed by atoms with Gasteiger partial charge in [0.25, 0.3) is 0 Å². The van der Waals surface area contributed by atoms with E-state index in [9.17, 15) is 34.2 Å². The summed E-state index contributed by atoms with van der Waals surface area (Å²) in [5.41, 5.74) is 0. The number of hydrogen-bond donors (Lipinski definition) is 3. The van der Waals surface area contributed by atoms with Crippen LogP contribution in [0, 0.1) is 29.6 Å². The molecule has 0 aromatic carbocycles. The van der Waals surface area contributed by atoms with Gasteiger partial charge in [-0.1, -0.05) is 166 Å². The van der Waals surface area contributed by atoms with Gasteiger partial charge in [0.15, 0.2) is 0 Å². The number of rotatable bonds is 40. The molecular weight excluding hydrogens is 1060 g/mol. The van der Waals surface area contributed by atoms with E-state index in [1.165, 1.54) is 139 Å². The zero-order valence-electron chi connectivity index (χ0n) is 45.3. The molecular formula is C52H104O10S5Sn. The summed E-state index contributed by atoms with van der Waals surface area (Å²) in [6.07, 6.45) is 24.5. The number of aliphatic carboxylic acids is 5. The van der Waals surface area contributed by atoms with Crippen molar-refractivity contribution in [3.63, 3.8) is 0 Å². The minimum atomic E-state index is -0.949. The summed E-state index contributed by atoms with van der Waals surface area (Å²) in [6.45, 7) is 21.8. The molecule has 68 heavy (non-hydrogen) atoms. The molecule has 5 unspecified atom stereocenters. The summed E-state index contributed by atoms with van der Waals surface area (Å²) in [7, 11) is 0. The van der Waals surface area contributed by atoms with Crippen LogP contribution in [0.25, 0.3) is 0 Å². The van der Waals surface area contributed by atoms with Crippen molar-refractivity contribution in [2.45, 2.75) is 208 Å². The SMILES string of the molecule is CCCCC(CC)CSCC(=O)O.CCCCC(CC)CSCC(=O)O.CCCCC(CC)CSCC(=O)O.CCCCC(CC)CSCC(=O)[O-].CCCCC(CC)CSCC(=O)[O-].[CH3][Sn+2][CH3]. The summed E-state index contributed by atoms with van der Waals surface area (Å²) in [5, 5.41) is 45.7. The monoisotopic (exact) mass is 1170 g/mol. The molecule has 0 aliphatic heterocycles. The predicted octanol–water partition coefficient (Wildman–Crippen LogP) is 13.2. The fraction of sp³-hybridized carbons (Fsp3) is 0.904. The Bertz CT molecular complexity index is 894. The molecule has 16 heteroatoms. The van der Waals surface area contributed by atoms with Crippen molar-refractivity contribution < 1.29 is 49.5 Å². The molecule has 0 aromatic heterocycles. The Morgan fingerprint density at radius 1 is 0.368 bits per heavy atom.